The molecule has 0 aromatic heterocycles. The summed E-state index contributed by atoms with van der Waals surface area (Å²) in [5, 5.41) is 2.59. The van der Waals surface area contributed by atoms with Crippen LogP contribution < -0.4 is 15.8 Å². The molecular formula is C12H13F3N2O2. The number of rotatable bonds is 3. The van der Waals surface area contributed by atoms with Crippen LogP contribution in [-0.2, 0) is 4.79 Å². The molecule has 1 aromatic rings. The zero-order valence-electron chi connectivity index (χ0n) is 9.96. The van der Waals surface area contributed by atoms with Crippen LogP contribution in [0.15, 0.2) is 18.2 Å². The van der Waals surface area contributed by atoms with E-state index >= 15 is 0 Å². The molecule has 2 rings (SSSR count). The summed E-state index contributed by atoms with van der Waals surface area (Å²) in [6, 6.07) is 4.02. The molecule has 1 aliphatic heterocycles. The molecule has 1 unspecified atom stereocenters. The molecule has 4 nitrogen and oxygen atoms in total. The monoisotopic (exact) mass is 274 g/mol. The topological polar surface area (TPSA) is 64.3 Å². The van der Waals surface area contributed by atoms with Gasteiger partial charge in [-0.2, -0.15) is 13.2 Å². The van der Waals surface area contributed by atoms with Crippen molar-refractivity contribution in [2.75, 3.05) is 11.9 Å². The second kappa shape index (κ2) is 5.08. The molecule has 104 valence electrons. The van der Waals surface area contributed by atoms with Gasteiger partial charge in [0.2, 0.25) is 0 Å². The van der Waals surface area contributed by atoms with E-state index in [1.165, 1.54) is 0 Å². The van der Waals surface area contributed by atoms with Gasteiger partial charge in [-0.15, -0.1) is 0 Å². The van der Waals surface area contributed by atoms with Crippen LogP contribution in [0.1, 0.15) is 24.4 Å². The molecule has 0 aliphatic carbocycles. The lowest BCUT2D eigenvalue weighted by molar-refractivity contribution is -0.136. The lowest BCUT2D eigenvalue weighted by Gasteiger charge is -2.20. The van der Waals surface area contributed by atoms with Crippen molar-refractivity contribution in [1.29, 1.82) is 0 Å². The minimum absolute atomic E-state index is 0.0630. The van der Waals surface area contributed by atoms with Gasteiger partial charge in [0.1, 0.15) is 5.75 Å². The fraction of sp³-hybridized carbons (Fsp3) is 0.417. The minimum Gasteiger partial charge on any atom is -0.482 e. The second-order valence-electron chi connectivity index (χ2n) is 4.35. The summed E-state index contributed by atoms with van der Waals surface area (Å²) in [4.78, 5) is 11.1. The molecule has 1 amide bonds. The molecule has 0 bridgehead atoms. The predicted octanol–water partition coefficient (Wildman–Crippen LogP) is 2.36. The number of fused-ring (bicyclic) bond motifs is 1. The Labute approximate surface area is 107 Å². The molecule has 7 heteroatoms. The van der Waals surface area contributed by atoms with Crippen molar-refractivity contribution in [2.24, 2.45) is 5.73 Å². The third-order valence-electron chi connectivity index (χ3n) is 2.80. The maximum absolute atomic E-state index is 12.1. The quantitative estimate of drug-likeness (QED) is 0.889. The fourth-order valence-corrected chi connectivity index (χ4v) is 1.82. The molecule has 1 aromatic carbocycles. The molecular weight excluding hydrogens is 261 g/mol. The highest BCUT2D eigenvalue weighted by Crippen LogP contribution is 2.32. The number of carbonyl (C=O) groups excluding carboxylic acids is 1. The van der Waals surface area contributed by atoms with Gasteiger partial charge in [-0.1, -0.05) is 6.07 Å². The Morgan fingerprint density at radius 1 is 1.42 bits per heavy atom. The summed E-state index contributed by atoms with van der Waals surface area (Å²) in [5.74, 6) is 0.194. The second-order valence-corrected chi connectivity index (χ2v) is 4.35. The minimum atomic E-state index is -4.22. The van der Waals surface area contributed by atoms with Crippen LogP contribution >= 0.6 is 0 Å². The number of ether oxygens (including phenoxy) is 1. The first-order valence-electron chi connectivity index (χ1n) is 5.74. The molecule has 0 radical (unpaired) electrons. The SMILES string of the molecule is NC(CCC(F)(F)F)c1ccc2c(c1)NC(=O)CO2. The van der Waals surface area contributed by atoms with E-state index in [1.807, 2.05) is 0 Å². The van der Waals surface area contributed by atoms with Gasteiger partial charge < -0.3 is 15.8 Å². The number of anilines is 1. The third-order valence-corrected chi connectivity index (χ3v) is 2.80. The van der Waals surface area contributed by atoms with Crippen LogP contribution in [0.5, 0.6) is 5.75 Å². The predicted molar refractivity (Wildman–Crippen MR) is 62.8 cm³/mol. The molecule has 0 saturated heterocycles. The number of alkyl halides is 3. The molecule has 3 N–H and O–H groups in total. The summed E-state index contributed by atoms with van der Waals surface area (Å²) >= 11 is 0. The third kappa shape index (κ3) is 3.60. The Morgan fingerprint density at radius 2 is 2.16 bits per heavy atom. The summed E-state index contributed by atoms with van der Waals surface area (Å²) in [7, 11) is 0. The van der Waals surface area contributed by atoms with Crippen LogP contribution in [0, 0.1) is 0 Å². The van der Waals surface area contributed by atoms with Gasteiger partial charge in [0.25, 0.3) is 5.91 Å². The smallest absolute Gasteiger partial charge is 0.389 e. The van der Waals surface area contributed by atoms with Crippen LogP contribution in [0.4, 0.5) is 18.9 Å². The number of hydrogen-bond acceptors (Lipinski definition) is 3. The maximum Gasteiger partial charge on any atom is 0.389 e. The lowest BCUT2D eigenvalue weighted by Crippen LogP contribution is -2.25. The van der Waals surface area contributed by atoms with Crippen molar-refractivity contribution in [3.05, 3.63) is 23.8 Å². The molecule has 1 aliphatic rings. The average Bonchev–Trinajstić information content (AvgIpc) is 2.34. The van der Waals surface area contributed by atoms with Gasteiger partial charge in [-0.05, 0) is 24.1 Å². The van der Waals surface area contributed by atoms with Crippen molar-refractivity contribution in [2.45, 2.75) is 25.1 Å². The van der Waals surface area contributed by atoms with Crippen LogP contribution in [0.3, 0.4) is 0 Å². The maximum atomic E-state index is 12.1. The molecule has 1 atom stereocenters. The fourth-order valence-electron chi connectivity index (χ4n) is 1.82. The summed E-state index contributed by atoms with van der Waals surface area (Å²) in [6.07, 6.45) is -5.35. The number of amides is 1. The largest absolute Gasteiger partial charge is 0.482 e. The van der Waals surface area contributed by atoms with Crippen LogP contribution in [-0.4, -0.2) is 18.7 Å². The van der Waals surface area contributed by atoms with Gasteiger partial charge in [-0.3, -0.25) is 4.79 Å². The number of hydrogen-bond donors (Lipinski definition) is 2. The van der Waals surface area contributed by atoms with Gasteiger partial charge in [0.15, 0.2) is 6.61 Å². The number of nitrogens with two attached hydrogens (primary N) is 1. The lowest BCUT2D eigenvalue weighted by atomic mass is 10.0. The Balaban J connectivity index is 2.08. The van der Waals surface area contributed by atoms with Gasteiger partial charge in [0, 0.05) is 12.5 Å². The highest BCUT2D eigenvalue weighted by Gasteiger charge is 2.28. The first kappa shape index (κ1) is 13.7. The normalized spacial score (nSPS) is 16.3. The van der Waals surface area contributed by atoms with Crippen molar-refractivity contribution in [3.63, 3.8) is 0 Å². The van der Waals surface area contributed by atoms with Crippen LogP contribution in [0.25, 0.3) is 0 Å². The van der Waals surface area contributed by atoms with Gasteiger partial charge in [0.05, 0.1) is 5.69 Å². The molecule has 1 heterocycles. The number of nitrogens with one attached hydrogen (secondary N) is 1. The summed E-state index contributed by atoms with van der Waals surface area (Å²) < 4.78 is 41.5. The molecule has 0 saturated carbocycles. The van der Waals surface area contributed by atoms with E-state index < -0.39 is 18.6 Å². The van der Waals surface area contributed by atoms with Crippen molar-refractivity contribution >= 4 is 11.6 Å². The highest BCUT2D eigenvalue weighted by atomic mass is 19.4. The Morgan fingerprint density at radius 3 is 2.84 bits per heavy atom. The van der Waals surface area contributed by atoms with E-state index in [4.69, 9.17) is 10.5 Å². The van der Waals surface area contributed by atoms with E-state index in [2.05, 4.69) is 5.32 Å². The zero-order valence-corrected chi connectivity index (χ0v) is 9.96. The van der Waals surface area contributed by atoms with Gasteiger partial charge >= 0.3 is 6.18 Å². The van der Waals surface area contributed by atoms with E-state index in [0.29, 0.717) is 17.0 Å². The summed E-state index contributed by atoms with van der Waals surface area (Å²) in [5.41, 5.74) is 6.69. The Bertz CT molecular complexity index is 488. The van der Waals surface area contributed by atoms with Crippen molar-refractivity contribution in [1.82, 2.24) is 0 Å². The molecule has 0 spiro atoms. The van der Waals surface area contributed by atoms with Crippen LogP contribution in [0.2, 0.25) is 0 Å². The number of carbonyl (C=O) groups is 1. The number of halogens is 3. The van der Waals surface area contributed by atoms with E-state index in [9.17, 15) is 18.0 Å². The highest BCUT2D eigenvalue weighted by molar-refractivity contribution is 5.95. The van der Waals surface area contributed by atoms with Crippen molar-refractivity contribution < 1.29 is 22.7 Å². The standard InChI is InChI=1S/C12H13F3N2O2/c13-12(14,15)4-3-8(16)7-1-2-10-9(5-7)17-11(18)6-19-10/h1-2,5,8H,3-4,6,16H2,(H,17,18). The van der Waals surface area contributed by atoms with E-state index in [-0.39, 0.29) is 18.9 Å². The number of benzene rings is 1. The zero-order chi connectivity index (χ0) is 14.0. The average molecular weight is 274 g/mol. The first-order chi connectivity index (χ1) is 8.85. The summed E-state index contributed by atoms with van der Waals surface area (Å²) in [6.45, 7) is -0.0630. The van der Waals surface area contributed by atoms with E-state index in [0.717, 1.165) is 0 Å². The van der Waals surface area contributed by atoms with Crippen molar-refractivity contribution in [3.8, 4) is 5.75 Å². The molecule has 19 heavy (non-hydrogen) atoms. The first-order valence-corrected chi connectivity index (χ1v) is 5.74. The molecule has 0 fully saturated rings. The van der Waals surface area contributed by atoms with E-state index in [1.54, 1.807) is 18.2 Å². The Kier molecular flexibility index (Phi) is 3.66. The van der Waals surface area contributed by atoms with Gasteiger partial charge in [-0.25, -0.2) is 0 Å². The Hall–Kier alpha value is -1.76.